The lowest BCUT2D eigenvalue weighted by Crippen LogP contribution is -2.55. The molecule has 1 heterocycles. The fourth-order valence-corrected chi connectivity index (χ4v) is 6.28. The van der Waals surface area contributed by atoms with Crippen molar-refractivity contribution in [3.63, 3.8) is 0 Å². The van der Waals surface area contributed by atoms with E-state index in [0.717, 1.165) is 22.3 Å². The van der Waals surface area contributed by atoms with Crippen molar-refractivity contribution in [2.24, 2.45) is 11.8 Å². The third kappa shape index (κ3) is 2.44. The van der Waals surface area contributed by atoms with Gasteiger partial charge in [0.1, 0.15) is 5.75 Å². The van der Waals surface area contributed by atoms with Crippen molar-refractivity contribution in [3.05, 3.63) is 95.1 Å². The van der Waals surface area contributed by atoms with Crippen LogP contribution in [0, 0.1) is 11.8 Å². The number of esters is 1. The third-order valence-electron chi connectivity index (χ3n) is 7.40. The molecule has 2 atom stereocenters. The minimum absolute atomic E-state index is 0.252. The predicted octanol–water partition coefficient (Wildman–Crippen LogP) is 3.16. The Morgan fingerprint density at radius 1 is 0.909 bits per heavy atom. The van der Waals surface area contributed by atoms with Crippen LogP contribution in [0.4, 0.5) is 5.69 Å². The highest BCUT2D eigenvalue weighted by Gasteiger charge is 2.68. The Morgan fingerprint density at radius 3 is 2.03 bits per heavy atom. The van der Waals surface area contributed by atoms with E-state index in [1.54, 1.807) is 24.3 Å². The van der Waals surface area contributed by atoms with E-state index in [1.807, 2.05) is 48.5 Å². The van der Waals surface area contributed by atoms with Gasteiger partial charge in [-0.1, -0.05) is 48.5 Å². The fourth-order valence-electron chi connectivity index (χ4n) is 6.28. The van der Waals surface area contributed by atoms with Gasteiger partial charge in [-0.05, 0) is 46.5 Å². The summed E-state index contributed by atoms with van der Waals surface area (Å²) in [5.41, 5.74) is 3.29. The average molecular weight is 439 g/mol. The first-order valence-electron chi connectivity index (χ1n) is 10.9. The van der Waals surface area contributed by atoms with Gasteiger partial charge in [0, 0.05) is 12.8 Å². The van der Waals surface area contributed by atoms with Crippen LogP contribution in [0.3, 0.4) is 0 Å². The highest BCUT2D eigenvalue weighted by Crippen LogP contribution is 2.64. The summed E-state index contributed by atoms with van der Waals surface area (Å²) >= 11 is 0. The van der Waals surface area contributed by atoms with Gasteiger partial charge in [0.15, 0.2) is 0 Å². The molecule has 4 aliphatic rings. The van der Waals surface area contributed by atoms with Crippen LogP contribution in [-0.4, -0.2) is 29.5 Å². The number of benzene rings is 3. The van der Waals surface area contributed by atoms with E-state index in [-0.39, 0.29) is 24.3 Å². The van der Waals surface area contributed by atoms with E-state index < -0.39 is 23.2 Å². The van der Waals surface area contributed by atoms with Gasteiger partial charge in [-0.3, -0.25) is 14.4 Å². The van der Waals surface area contributed by atoms with E-state index in [2.05, 4.69) is 0 Å². The predicted molar refractivity (Wildman–Crippen MR) is 120 cm³/mol. The van der Waals surface area contributed by atoms with Crippen LogP contribution < -0.4 is 9.64 Å². The van der Waals surface area contributed by atoms with Gasteiger partial charge in [0.05, 0.1) is 29.5 Å². The molecule has 6 heteroatoms. The SMILES string of the molecule is CC(=O)Oc1ccc(N2C(=O)C3C4c5ccccc5C(CO)(c5ccccc54)C3C2=O)cc1. The molecule has 0 aromatic heterocycles. The number of carbonyl (C=O) groups is 3. The monoisotopic (exact) mass is 439 g/mol. The number of carbonyl (C=O) groups excluding carboxylic acids is 3. The van der Waals surface area contributed by atoms with Crippen LogP contribution in [0.2, 0.25) is 0 Å². The maximum atomic E-state index is 13.9. The highest BCUT2D eigenvalue weighted by atomic mass is 16.5. The van der Waals surface area contributed by atoms with Crippen LogP contribution in [0.25, 0.3) is 0 Å². The zero-order valence-electron chi connectivity index (χ0n) is 17.9. The zero-order valence-corrected chi connectivity index (χ0v) is 17.9. The Kier molecular flexibility index (Phi) is 4.13. The first-order chi connectivity index (χ1) is 16.0. The summed E-state index contributed by atoms with van der Waals surface area (Å²) in [5.74, 6) is -2.22. The molecule has 0 spiro atoms. The number of aliphatic hydroxyl groups is 1. The lowest BCUT2D eigenvalue weighted by atomic mass is 9.47. The quantitative estimate of drug-likeness (QED) is 0.385. The van der Waals surface area contributed by atoms with Crippen molar-refractivity contribution in [1.29, 1.82) is 0 Å². The molecule has 1 fully saturated rings. The van der Waals surface area contributed by atoms with Crippen molar-refractivity contribution >= 4 is 23.5 Å². The highest BCUT2D eigenvalue weighted by molar-refractivity contribution is 6.23. The van der Waals surface area contributed by atoms with Crippen LogP contribution in [0.15, 0.2) is 72.8 Å². The van der Waals surface area contributed by atoms with E-state index in [0.29, 0.717) is 11.4 Å². The van der Waals surface area contributed by atoms with Gasteiger partial charge >= 0.3 is 5.97 Å². The second kappa shape index (κ2) is 6.86. The Hall–Kier alpha value is -3.77. The lowest BCUT2D eigenvalue weighted by molar-refractivity contribution is -0.132. The minimum atomic E-state index is -0.980. The van der Waals surface area contributed by atoms with E-state index in [4.69, 9.17) is 4.74 Å². The maximum absolute atomic E-state index is 13.9. The Labute approximate surface area is 190 Å². The zero-order chi connectivity index (χ0) is 22.9. The topological polar surface area (TPSA) is 83.9 Å². The molecule has 1 N–H and O–H groups in total. The summed E-state index contributed by atoms with van der Waals surface area (Å²) in [6, 6.07) is 22.0. The number of rotatable bonds is 3. The van der Waals surface area contributed by atoms with Crippen molar-refractivity contribution in [2.45, 2.75) is 18.3 Å². The largest absolute Gasteiger partial charge is 0.427 e. The normalized spacial score (nSPS) is 26.6. The molecule has 3 aromatic carbocycles. The number of hydrogen-bond donors (Lipinski definition) is 1. The van der Waals surface area contributed by atoms with Gasteiger partial charge in [-0.25, -0.2) is 4.90 Å². The van der Waals surface area contributed by atoms with Crippen LogP contribution in [-0.2, 0) is 19.8 Å². The standard InChI is InChI=1S/C27H21NO5/c1-15(30)33-17-12-10-16(11-13-17)28-25(31)23-22-18-6-2-4-8-20(18)27(14-29,24(23)26(28)32)21-9-5-3-7-19(21)22/h2-13,22-24,29H,14H2,1H3. The van der Waals surface area contributed by atoms with E-state index in [9.17, 15) is 19.5 Å². The Balaban J connectivity index is 1.53. The maximum Gasteiger partial charge on any atom is 0.308 e. The molecule has 2 unspecified atom stereocenters. The van der Waals surface area contributed by atoms with Crippen LogP contribution in [0.5, 0.6) is 5.75 Å². The van der Waals surface area contributed by atoms with Gasteiger partial charge < -0.3 is 9.84 Å². The molecule has 2 amide bonds. The van der Waals surface area contributed by atoms with Crippen LogP contribution >= 0.6 is 0 Å². The summed E-state index contributed by atoms with van der Waals surface area (Å²) in [6.07, 6.45) is 0. The first-order valence-corrected chi connectivity index (χ1v) is 10.9. The minimum Gasteiger partial charge on any atom is -0.427 e. The molecule has 0 saturated carbocycles. The number of hydrogen-bond acceptors (Lipinski definition) is 5. The number of anilines is 1. The summed E-state index contributed by atoms with van der Waals surface area (Å²) in [6.45, 7) is 1.04. The first kappa shape index (κ1) is 19.9. The second-order valence-electron chi connectivity index (χ2n) is 8.88. The van der Waals surface area contributed by atoms with Crippen molar-refractivity contribution in [3.8, 4) is 5.75 Å². The fraction of sp³-hybridized carbons (Fsp3) is 0.222. The summed E-state index contributed by atoms with van der Waals surface area (Å²) in [7, 11) is 0. The van der Waals surface area contributed by atoms with Crippen molar-refractivity contribution < 1.29 is 24.2 Å². The molecule has 3 aromatic rings. The van der Waals surface area contributed by atoms with Gasteiger partial charge in [0.25, 0.3) is 0 Å². The summed E-state index contributed by atoms with van der Waals surface area (Å²) in [4.78, 5) is 40.2. The van der Waals surface area contributed by atoms with E-state index >= 15 is 0 Å². The number of ether oxygens (including phenoxy) is 1. The molecule has 7 rings (SSSR count). The Morgan fingerprint density at radius 2 is 1.48 bits per heavy atom. The molecular formula is C27H21NO5. The molecule has 6 nitrogen and oxygen atoms in total. The second-order valence-corrected chi connectivity index (χ2v) is 8.88. The molecule has 33 heavy (non-hydrogen) atoms. The number of aliphatic hydroxyl groups excluding tert-OH is 1. The van der Waals surface area contributed by atoms with Gasteiger partial charge in [-0.15, -0.1) is 0 Å². The van der Waals surface area contributed by atoms with Crippen molar-refractivity contribution in [1.82, 2.24) is 0 Å². The number of amides is 2. The molecule has 1 saturated heterocycles. The number of imide groups is 1. The van der Waals surface area contributed by atoms with Gasteiger partial charge in [0.2, 0.25) is 11.8 Å². The Bertz CT molecular complexity index is 1280. The lowest BCUT2D eigenvalue weighted by Gasteiger charge is -2.53. The average Bonchev–Trinajstić information content (AvgIpc) is 3.10. The molecule has 0 radical (unpaired) electrons. The smallest absolute Gasteiger partial charge is 0.308 e. The number of nitrogens with zero attached hydrogens (tertiary/aromatic N) is 1. The van der Waals surface area contributed by atoms with E-state index in [1.165, 1.54) is 11.8 Å². The van der Waals surface area contributed by atoms with Crippen LogP contribution in [0.1, 0.15) is 35.1 Å². The summed E-state index contributed by atoms with van der Waals surface area (Å²) in [5, 5.41) is 10.9. The third-order valence-corrected chi connectivity index (χ3v) is 7.40. The van der Waals surface area contributed by atoms with Crippen molar-refractivity contribution in [2.75, 3.05) is 11.5 Å². The molecule has 164 valence electrons. The molecule has 2 bridgehead atoms. The van der Waals surface area contributed by atoms with Gasteiger partial charge in [-0.2, -0.15) is 0 Å². The molecule has 3 aliphatic carbocycles. The summed E-state index contributed by atoms with van der Waals surface area (Å²) < 4.78 is 5.08. The molecule has 1 aliphatic heterocycles. The molecular weight excluding hydrogens is 418 g/mol.